The van der Waals surface area contributed by atoms with Gasteiger partial charge in [-0.2, -0.15) is 0 Å². The third-order valence-electron chi connectivity index (χ3n) is 14.3. The Hall–Kier alpha value is -4.72. The molecule has 2 aliphatic heterocycles. The first-order chi connectivity index (χ1) is 29.9. The molecule has 4 aromatic rings. The van der Waals surface area contributed by atoms with Gasteiger partial charge in [0.2, 0.25) is 5.91 Å². The van der Waals surface area contributed by atoms with Crippen molar-refractivity contribution < 1.29 is 38.9 Å². The third-order valence-corrected chi connectivity index (χ3v) is 14.3. The first kappa shape index (κ1) is 45.3. The number of hydrogen-bond acceptors (Lipinski definition) is 7. The zero-order valence-corrected chi connectivity index (χ0v) is 37.4. The molecule has 336 valence electrons. The molecular formula is C49H67N5O8. The standard InChI is InChI=1S/C26H37N3O4.C23H30N2O4/c1-4-29(16-25(31)27-15-17(2)30)26(32)20-6-8-24-22(14-20)21-13-19(5-7-23(21)28(24)3)18-9-11-33-12-10-18;1-3-25(14-22(26)27)23(28)17-5-7-21-19(13-17)18-12-16(4-6-20(18)24(21)2)15-8-10-29-11-9-15/h6,8,14,17-19,30H,4-5,7,9-13,15-16H2,1-3H3,(H,27,31);5,7,13,15-16H,3-4,6,8-12,14H2,1-2H3,(H,26,27)/t17-,19?;/m0./s1. The number of carbonyl (C=O) groups is 4. The Kier molecular flexibility index (Phi) is 14.8. The zero-order valence-electron chi connectivity index (χ0n) is 37.4. The zero-order chi connectivity index (χ0) is 44.1. The predicted molar refractivity (Wildman–Crippen MR) is 239 cm³/mol. The molecule has 3 atom stereocenters. The fourth-order valence-corrected chi connectivity index (χ4v) is 10.7. The number of aryl methyl sites for hydroxylation is 2. The quantitative estimate of drug-likeness (QED) is 0.159. The molecule has 8 rings (SSSR count). The number of carboxylic acid groups (broad SMARTS) is 1. The molecular weight excluding hydrogens is 787 g/mol. The predicted octanol–water partition coefficient (Wildman–Crippen LogP) is 5.93. The van der Waals surface area contributed by atoms with Crippen LogP contribution in [0.25, 0.3) is 21.8 Å². The van der Waals surface area contributed by atoms with Gasteiger partial charge < -0.3 is 43.9 Å². The second kappa shape index (κ2) is 20.2. The van der Waals surface area contributed by atoms with Crippen molar-refractivity contribution in [3.63, 3.8) is 0 Å². The van der Waals surface area contributed by atoms with Crippen LogP contribution in [0, 0.1) is 23.7 Å². The van der Waals surface area contributed by atoms with Crippen LogP contribution in [-0.4, -0.2) is 118 Å². The smallest absolute Gasteiger partial charge is 0.323 e. The Morgan fingerprint density at radius 3 is 1.53 bits per heavy atom. The Morgan fingerprint density at radius 2 is 1.13 bits per heavy atom. The van der Waals surface area contributed by atoms with Crippen LogP contribution in [0.15, 0.2) is 36.4 Å². The van der Waals surface area contributed by atoms with Gasteiger partial charge in [0.15, 0.2) is 0 Å². The summed E-state index contributed by atoms with van der Waals surface area (Å²) in [6.45, 7) is 9.51. The average Bonchev–Trinajstić information content (AvgIpc) is 3.74. The van der Waals surface area contributed by atoms with Gasteiger partial charge in [-0.05, 0) is 156 Å². The largest absolute Gasteiger partial charge is 0.480 e. The van der Waals surface area contributed by atoms with Gasteiger partial charge in [0.25, 0.3) is 11.8 Å². The van der Waals surface area contributed by atoms with E-state index >= 15 is 0 Å². The van der Waals surface area contributed by atoms with Crippen LogP contribution in [0.5, 0.6) is 0 Å². The molecule has 4 heterocycles. The maximum atomic E-state index is 13.3. The van der Waals surface area contributed by atoms with Crippen molar-refractivity contribution in [3.8, 4) is 0 Å². The number of ether oxygens (including phenoxy) is 2. The number of aromatic nitrogens is 2. The van der Waals surface area contributed by atoms with Crippen LogP contribution < -0.4 is 5.32 Å². The van der Waals surface area contributed by atoms with Gasteiger partial charge in [-0.1, -0.05) is 0 Å². The second-order valence-electron chi connectivity index (χ2n) is 18.0. The average molecular weight is 854 g/mol. The summed E-state index contributed by atoms with van der Waals surface area (Å²) in [5.41, 5.74) is 9.05. The maximum absolute atomic E-state index is 13.3. The SMILES string of the molecule is CCN(CC(=O)NC[C@H](C)O)C(=O)c1ccc2c(c1)c1c(n2C)CCC(C2CCOCC2)C1.CCN(CC(=O)O)C(=O)c1ccc2c(c1)c1c(n2C)CCC(C2CCOCC2)C1. The minimum atomic E-state index is -0.988. The lowest BCUT2D eigenvalue weighted by Gasteiger charge is -2.33. The number of nitrogens with zero attached hydrogens (tertiary/aromatic N) is 4. The molecule has 4 aliphatic rings. The number of aliphatic carboxylic acids is 1. The van der Waals surface area contributed by atoms with E-state index in [0.717, 1.165) is 101 Å². The molecule has 2 fully saturated rings. The number of rotatable bonds is 12. The van der Waals surface area contributed by atoms with E-state index in [0.29, 0.717) is 36.1 Å². The molecule has 13 nitrogen and oxygen atoms in total. The van der Waals surface area contributed by atoms with Crippen molar-refractivity contribution >= 4 is 45.5 Å². The van der Waals surface area contributed by atoms with Gasteiger partial charge >= 0.3 is 5.97 Å². The molecule has 2 saturated heterocycles. The minimum Gasteiger partial charge on any atom is -0.480 e. The molecule has 2 aromatic carbocycles. The summed E-state index contributed by atoms with van der Waals surface area (Å²) in [7, 11) is 4.24. The lowest BCUT2D eigenvalue weighted by atomic mass is 9.75. The fourth-order valence-electron chi connectivity index (χ4n) is 10.7. The van der Waals surface area contributed by atoms with Gasteiger partial charge in [-0.15, -0.1) is 0 Å². The number of aliphatic hydroxyl groups excluding tert-OH is 1. The van der Waals surface area contributed by atoms with E-state index in [-0.39, 0.29) is 37.4 Å². The number of aliphatic hydroxyl groups is 1. The van der Waals surface area contributed by atoms with Crippen molar-refractivity contribution in [1.82, 2.24) is 24.3 Å². The lowest BCUT2D eigenvalue weighted by Crippen LogP contribution is -2.42. The minimum absolute atomic E-state index is 0.0151. The topological polar surface area (TPSA) is 156 Å². The lowest BCUT2D eigenvalue weighted by molar-refractivity contribution is -0.137. The van der Waals surface area contributed by atoms with Gasteiger partial charge in [-0.3, -0.25) is 19.2 Å². The molecule has 2 aromatic heterocycles. The number of benzene rings is 2. The van der Waals surface area contributed by atoms with E-state index < -0.39 is 12.1 Å². The summed E-state index contributed by atoms with van der Waals surface area (Å²) < 4.78 is 15.7. The highest BCUT2D eigenvalue weighted by molar-refractivity contribution is 6.01. The normalized spacial score (nSPS) is 19.8. The molecule has 0 bridgehead atoms. The molecule has 0 saturated carbocycles. The Labute approximate surface area is 365 Å². The fraction of sp³-hybridized carbons (Fsp3) is 0.592. The number of nitrogens with one attached hydrogen (secondary N) is 1. The van der Waals surface area contributed by atoms with Crippen molar-refractivity contribution in [2.45, 2.75) is 91.1 Å². The van der Waals surface area contributed by atoms with Crippen LogP contribution in [0.2, 0.25) is 0 Å². The number of amides is 3. The first-order valence-corrected chi connectivity index (χ1v) is 23.0. The van der Waals surface area contributed by atoms with E-state index in [9.17, 15) is 24.3 Å². The molecule has 3 N–H and O–H groups in total. The van der Waals surface area contributed by atoms with Crippen molar-refractivity contribution in [2.75, 3.05) is 59.2 Å². The Morgan fingerprint density at radius 1 is 0.694 bits per heavy atom. The van der Waals surface area contributed by atoms with Crippen LogP contribution in [0.4, 0.5) is 0 Å². The Balaban J connectivity index is 0.000000188. The summed E-state index contributed by atoms with van der Waals surface area (Å²) in [4.78, 5) is 52.4. The molecule has 0 spiro atoms. The highest BCUT2D eigenvalue weighted by Gasteiger charge is 2.33. The molecule has 62 heavy (non-hydrogen) atoms. The summed E-state index contributed by atoms with van der Waals surface area (Å²) in [5, 5.41) is 23.5. The number of carbonyl (C=O) groups excluding carboxylic acids is 3. The number of likely N-dealkylation sites (N-methyl/N-ethyl adjacent to an activating group) is 2. The van der Waals surface area contributed by atoms with E-state index in [2.05, 4.69) is 28.5 Å². The van der Waals surface area contributed by atoms with Gasteiger partial charge in [0, 0.05) is 104 Å². The monoisotopic (exact) mass is 853 g/mol. The summed E-state index contributed by atoms with van der Waals surface area (Å²) in [5.74, 6) is 1.20. The summed E-state index contributed by atoms with van der Waals surface area (Å²) in [6, 6.07) is 11.8. The van der Waals surface area contributed by atoms with Crippen molar-refractivity contribution in [2.24, 2.45) is 37.8 Å². The number of carboxylic acids is 1. The molecule has 2 unspecified atom stereocenters. The van der Waals surface area contributed by atoms with Gasteiger partial charge in [0.1, 0.15) is 6.54 Å². The van der Waals surface area contributed by atoms with Crippen molar-refractivity contribution in [1.29, 1.82) is 0 Å². The van der Waals surface area contributed by atoms with Crippen LogP contribution in [0.3, 0.4) is 0 Å². The third kappa shape index (κ3) is 9.90. The highest BCUT2D eigenvalue weighted by Crippen LogP contribution is 2.41. The Bertz CT molecular complexity index is 2250. The molecule has 3 amide bonds. The van der Waals surface area contributed by atoms with Crippen LogP contribution in [0.1, 0.15) is 103 Å². The maximum Gasteiger partial charge on any atom is 0.323 e. The van der Waals surface area contributed by atoms with Crippen LogP contribution >= 0.6 is 0 Å². The summed E-state index contributed by atoms with van der Waals surface area (Å²) >= 11 is 0. The second-order valence-corrected chi connectivity index (χ2v) is 18.0. The first-order valence-electron chi connectivity index (χ1n) is 23.0. The molecule has 2 aliphatic carbocycles. The van der Waals surface area contributed by atoms with E-state index in [1.54, 1.807) is 11.8 Å². The van der Waals surface area contributed by atoms with E-state index in [1.165, 1.54) is 51.2 Å². The summed E-state index contributed by atoms with van der Waals surface area (Å²) in [6.07, 6.45) is 10.7. The molecule has 13 heteroatoms. The number of fused-ring (bicyclic) bond motifs is 6. The number of hydrogen-bond donors (Lipinski definition) is 3. The van der Waals surface area contributed by atoms with Crippen molar-refractivity contribution in [3.05, 3.63) is 70.0 Å². The van der Waals surface area contributed by atoms with E-state index in [4.69, 9.17) is 14.6 Å². The molecule has 0 radical (unpaired) electrons. The van der Waals surface area contributed by atoms with E-state index in [1.807, 2.05) is 50.2 Å². The van der Waals surface area contributed by atoms with Gasteiger partial charge in [0.05, 0.1) is 12.6 Å². The van der Waals surface area contributed by atoms with Gasteiger partial charge in [-0.25, -0.2) is 0 Å². The van der Waals surface area contributed by atoms with Crippen LogP contribution in [-0.2, 0) is 58.8 Å². The highest BCUT2D eigenvalue weighted by atomic mass is 16.5.